The van der Waals surface area contributed by atoms with Gasteiger partial charge >= 0.3 is 6.03 Å². The van der Waals surface area contributed by atoms with Crippen LogP contribution >= 0.6 is 0 Å². The van der Waals surface area contributed by atoms with Crippen molar-refractivity contribution >= 4 is 17.4 Å². The Morgan fingerprint density at radius 3 is 2.64 bits per heavy atom. The van der Waals surface area contributed by atoms with E-state index in [1.807, 2.05) is 31.2 Å². The fourth-order valence-corrected chi connectivity index (χ4v) is 2.61. The van der Waals surface area contributed by atoms with Gasteiger partial charge in [-0.05, 0) is 32.0 Å². The highest BCUT2D eigenvalue weighted by Gasteiger charge is 2.12. The number of anilines is 1. The van der Waals surface area contributed by atoms with Gasteiger partial charge in [-0.25, -0.2) is 9.78 Å². The van der Waals surface area contributed by atoms with Crippen molar-refractivity contribution in [3.63, 3.8) is 0 Å². The van der Waals surface area contributed by atoms with Crippen LogP contribution in [0.3, 0.4) is 0 Å². The minimum Gasteiger partial charge on any atom is -0.444 e. The lowest BCUT2D eigenvalue weighted by Crippen LogP contribution is -2.30. The minimum absolute atomic E-state index is 0.0379. The number of carbonyl (C=O) groups is 1. The highest BCUT2D eigenvalue weighted by atomic mass is 16.6. The predicted molar refractivity (Wildman–Crippen MR) is 105 cm³/mol. The zero-order chi connectivity index (χ0) is 20.1. The van der Waals surface area contributed by atoms with Crippen molar-refractivity contribution < 1.29 is 14.1 Å². The van der Waals surface area contributed by atoms with Crippen LogP contribution in [0, 0.1) is 24.0 Å². The summed E-state index contributed by atoms with van der Waals surface area (Å²) in [5.41, 5.74) is 3.63. The molecule has 1 heterocycles. The number of amides is 2. The molecule has 0 saturated heterocycles. The normalized spacial score (nSPS) is 10.5. The molecule has 0 unspecified atom stereocenters. The van der Waals surface area contributed by atoms with E-state index >= 15 is 0 Å². The van der Waals surface area contributed by atoms with Crippen LogP contribution in [0.5, 0.6) is 0 Å². The summed E-state index contributed by atoms with van der Waals surface area (Å²) in [7, 11) is 0. The molecule has 8 heteroatoms. The maximum Gasteiger partial charge on any atom is 0.319 e. The molecule has 3 aromatic rings. The average molecular weight is 380 g/mol. The molecule has 0 spiro atoms. The highest BCUT2D eigenvalue weighted by molar-refractivity contribution is 5.89. The van der Waals surface area contributed by atoms with Crippen LogP contribution in [0.25, 0.3) is 11.5 Å². The molecule has 0 radical (unpaired) electrons. The molecule has 0 aliphatic heterocycles. The van der Waals surface area contributed by atoms with Crippen molar-refractivity contribution in [3.8, 4) is 11.5 Å². The first-order valence-corrected chi connectivity index (χ1v) is 8.74. The molecule has 0 bridgehead atoms. The lowest BCUT2D eigenvalue weighted by molar-refractivity contribution is -0.385. The standard InChI is InChI=1S/C20H20N4O4/c1-13-3-6-15(7-4-13)19-22-17(12-28-19)9-10-21-20(25)23-16-8-5-14(2)18(11-16)24(26)27/h3-8,11-12H,9-10H2,1-2H3,(H2,21,23,25). The highest BCUT2D eigenvalue weighted by Crippen LogP contribution is 2.22. The van der Waals surface area contributed by atoms with Gasteiger partial charge in [0.2, 0.25) is 5.89 Å². The van der Waals surface area contributed by atoms with E-state index in [0.29, 0.717) is 30.1 Å². The number of aryl methyl sites for hydroxylation is 2. The maximum absolute atomic E-state index is 12.0. The van der Waals surface area contributed by atoms with Crippen LogP contribution < -0.4 is 10.6 Å². The minimum atomic E-state index is -0.478. The quantitative estimate of drug-likeness (QED) is 0.491. The second-order valence-electron chi connectivity index (χ2n) is 6.40. The Morgan fingerprint density at radius 1 is 1.18 bits per heavy atom. The van der Waals surface area contributed by atoms with E-state index in [9.17, 15) is 14.9 Å². The molecule has 2 N–H and O–H groups in total. The number of hydrogen-bond donors (Lipinski definition) is 2. The van der Waals surface area contributed by atoms with Gasteiger partial charge in [-0.2, -0.15) is 0 Å². The summed E-state index contributed by atoms with van der Waals surface area (Å²) in [5, 5.41) is 16.3. The molecule has 144 valence electrons. The van der Waals surface area contributed by atoms with Crippen molar-refractivity contribution in [2.45, 2.75) is 20.3 Å². The van der Waals surface area contributed by atoms with Gasteiger partial charge in [0.1, 0.15) is 6.26 Å². The zero-order valence-electron chi connectivity index (χ0n) is 15.6. The zero-order valence-corrected chi connectivity index (χ0v) is 15.6. The number of oxazole rings is 1. The van der Waals surface area contributed by atoms with Gasteiger partial charge in [0, 0.05) is 35.8 Å². The van der Waals surface area contributed by atoms with Crippen molar-refractivity contribution in [2.75, 3.05) is 11.9 Å². The number of nitro groups is 1. The molecule has 2 amide bonds. The van der Waals surface area contributed by atoms with Crippen molar-refractivity contribution in [2.24, 2.45) is 0 Å². The number of benzene rings is 2. The monoisotopic (exact) mass is 380 g/mol. The number of hydrogen-bond acceptors (Lipinski definition) is 5. The van der Waals surface area contributed by atoms with E-state index in [-0.39, 0.29) is 5.69 Å². The maximum atomic E-state index is 12.0. The van der Waals surface area contributed by atoms with Gasteiger partial charge < -0.3 is 15.1 Å². The van der Waals surface area contributed by atoms with Crippen LogP contribution in [0.15, 0.2) is 53.1 Å². The molecular formula is C20H20N4O4. The first-order chi connectivity index (χ1) is 13.4. The Labute approximate surface area is 161 Å². The van der Waals surface area contributed by atoms with Crippen LogP contribution in [0.2, 0.25) is 0 Å². The summed E-state index contributed by atoms with van der Waals surface area (Å²) in [6.45, 7) is 4.00. The first kappa shape index (κ1) is 19.1. The number of aromatic nitrogens is 1. The SMILES string of the molecule is Cc1ccc(-c2nc(CCNC(=O)Nc3ccc(C)c([N+](=O)[O-])c3)co2)cc1. The summed E-state index contributed by atoms with van der Waals surface area (Å²) in [4.78, 5) is 26.9. The molecule has 0 aliphatic rings. The van der Waals surface area contributed by atoms with Gasteiger partial charge in [0.05, 0.1) is 10.6 Å². The van der Waals surface area contributed by atoms with Crippen LogP contribution in [0.1, 0.15) is 16.8 Å². The number of rotatable bonds is 6. The van der Waals surface area contributed by atoms with Gasteiger partial charge in [-0.15, -0.1) is 0 Å². The second kappa shape index (κ2) is 8.34. The van der Waals surface area contributed by atoms with E-state index in [1.54, 1.807) is 25.3 Å². The van der Waals surface area contributed by atoms with Crippen molar-refractivity contribution in [1.82, 2.24) is 10.3 Å². The number of urea groups is 1. The summed E-state index contributed by atoms with van der Waals surface area (Å²) >= 11 is 0. The Hall–Kier alpha value is -3.68. The Morgan fingerprint density at radius 2 is 1.93 bits per heavy atom. The number of nitrogens with one attached hydrogen (secondary N) is 2. The molecule has 3 rings (SSSR count). The van der Waals surface area contributed by atoms with Gasteiger partial charge in [0.25, 0.3) is 5.69 Å². The lowest BCUT2D eigenvalue weighted by atomic mass is 10.1. The first-order valence-electron chi connectivity index (χ1n) is 8.74. The molecular weight excluding hydrogens is 360 g/mol. The van der Waals surface area contributed by atoms with Gasteiger partial charge in [-0.3, -0.25) is 10.1 Å². The van der Waals surface area contributed by atoms with E-state index in [0.717, 1.165) is 16.8 Å². The third-order valence-corrected chi connectivity index (χ3v) is 4.18. The fraction of sp³-hybridized carbons (Fsp3) is 0.200. The largest absolute Gasteiger partial charge is 0.444 e. The molecule has 0 aliphatic carbocycles. The molecule has 28 heavy (non-hydrogen) atoms. The summed E-state index contributed by atoms with van der Waals surface area (Å²) in [6.07, 6.45) is 2.06. The van der Waals surface area contributed by atoms with Crippen molar-refractivity contribution in [1.29, 1.82) is 0 Å². The smallest absolute Gasteiger partial charge is 0.319 e. The molecule has 1 aromatic heterocycles. The Kier molecular flexibility index (Phi) is 5.69. The van der Waals surface area contributed by atoms with Crippen LogP contribution in [0.4, 0.5) is 16.2 Å². The third kappa shape index (κ3) is 4.73. The van der Waals surface area contributed by atoms with E-state index in [1.165, 1.54) is 6.07 Å². The van der Waals surface area contributed by atoms with Gasteiger partial charge in [0.15, 0.2) is 0 Å². The van der Waals surface area contributed by atoms with Crippen LogP contribution in [-0.4, -0.2) is 22.5 Å². The Balaban J connectivity index is 1.51. The molecule has 0 saturated carbocycles. The van der Waals surface area contributed by atoms with E-state index in [2.05, 4.69) is 15.6 Å². The van der Waals surface area contributed by atoms with E-state index in [4.69, 9.17) is 4.42 Å². The van der Waals surface area contributed by atoms with Gasteiger partial charge in [-0.1, -0.05) is 23.8 Å². The topological polar surface area (TPSA) is 110 Å². The Bertz CT molecular complexity index is 996. The predicted octanol–water partition coefficient (Wildman–Crippen LogP) is 4.23. The summed E-state index contributed by atoms with van der Waals surface area (Å²) in [6, 6.07) is 12.0. The molecule has 0 atom stereocenters. The summed E-state index contributed by atoms with van der Waals surface area (Å²) in [5.74, 6) is 0.534. The second-order valence-corrected chi connectivity index (χ2v) is 6.40. The van der Waals surface area contributed by atoms with Crippen molar-refractivity contribution in [3.05, 3.63) is 75.7 Å². The number of nitrogens with zero attached hydrogens (tertiary/aromatic N) is 2. The molecule has 2 aromatic carbocycles. The molecule has 8 nitrogen and oxygen atoms in total. The number of nitro benzene ring substituents is 1. The third-order valence-electron chi connectivity index (χ3n) is 4.18. The summed E-state index contributed by atoms with van der Waals surface area (Å²) < 4.78 is 5.49. The number of carbonyl (C=O) groups excluding carboxylic acids is 1. The molecule has 0 fully saturated rings. The lowest BCUT2D eigenvalue weighted by Gasteiger charge is -2.07. The average Bonchev–Trinajstić information content (AvgIpc) is 3.12. The fourth-order valence-electron chi connectivity index (χ4n) is 2.61. The van der Waals surface area contributed by atoms with Crippen LogP contribution in [-0.2, 0) is 6.42 Å². The van der Waals surface area contributed by atoms with E-state index < -0.39 is 11.0 Å².